The van der Waals surface area contributed by atoms with E-state index in [1.807, 2.05) is 6.26 Å². The van der Waals surface area contributed by atoms with E-state index < -0.39 is 0 Å². The molecule has 18 heavy (non-hydrogen) atoms. The van der Waals surface area contributed by atoms with Gasteiger partial charge in [0.25, 0.3) is 0 Å². The van der Waals surface area contributed by atoms with Crippen molar-refractivity contribution >= 4 is 17.7 Å². The Morgan fingerprint density at radius 1 is 1.50 bits per heavy atom. The smallest absolute Gasteiger partial charge is 0.236 e. The van der Waals surface area contributed by atoms with E-state index in [0.717, 1.165) is 44.3 Å². The summed E-state index contributed by atoms with van der Waals surface area (Å²) in [5.74, 6) is 1.80. The van der Waals surface area contributed by atoms with Crippen molar-refractivity contribution in [1.29, 1.82) is 0 Å². The summed E-state index contributed by atoms with van der Waals surface area (Å²) in [5.41, 5.74) is 5.80. The SMILES string of the molecule is CSCC[C@H](N)C(=O)NCCN1CCC(C)CC1. The molecule has 4 nitrogen and oxygen atoms in total. The van der Waals surface area contributed by atoms with Crippen LogP contribution in [0.25, 0.3) is 0 Å². The molecule has 1 aliphatic heterocycles. The maximum absolute atomic E-state index is 11.7. The van der Waals surface area contributed by atoms with Crippen LogP contribution in [0.2, 0.25) is 0 Å². The molecule has 5 heteroatoms. The third kappa shape index (κ3) is 6.07. The molecule has 0 spiro atoms. The number of likely N-dealkylation sites (tertiary alicyclic amines) is 1. The lowest BCUT2D eigenvalue weighted by Crippen LogP contribution is -2.45. The molecule has 0 saturated carbocycles. The van der Waals surface area contributed by atoms with Crippen LogP contribution in [0.5, 0.6) is 0 Å². The van der Waals surface area contributed by atoms with Gasteiger partial charge in [-0.15, -0.1) is 0 Å². The minimum Gasteiger partial charge on any atom is -0.353 e. The third-order valence-corrected chi connectivity index (χ3v) is 4.22. The van der Waals surface area contributed by atoms with Crippen LogP contribution in [0.3, 0.4) is 0 Å². The second-order valence-corrected chi connectivity index (χ2v) is 6.19. The lowest BCUT2D eigenvalue weighted by molar-refractivity contribution is -0.122. The number of nitrogens with two attached hydrogens (primary N) is 1. The molecule has 106 valence electrons. The first-order valence-electron chi connectivity index (χ1n) is 6.88. The zero-order valence-electron chi connectivity index (χ0n) is 11.7. The number of nitrogens with one attached hydrogen (secondary N) is 1. The summed E-state index contributed by atoms with van der Waals surface area (Å²) in [6.45, 7) is 6.31. The Labute approximate surface area is 115 Å². The fourth-order valence-corrected chi connectivity index (χ4v) is 2.62. The zero-order valence-corrected chi connectivity index (χ0v) is 12.5. The van der Waals surface area contributed by atoms with Gasteiger partial charge in [0, 0.05) is 13.1 Å². The molecule has 0 aliphatic carbocycles. The quantitative estimate of drug-likeness (QED) is 0.724. The summed E-state index contributed by atoms with van der Waals surface area (Å²) in [4.78, 5) is 14.1. The van der Waals surface area contributed by atoms with Crippen molar-refractivity contribution in [1.82, 2.24) is 10.2 Å². The number of rotatable bonds is 7. The van der Waals surface area contributed by atoms with E-state index in [1.165, 1.54) is 12.8 Å². The molecule has 0 bridgehead atoms. The number of thioether (sulfide) groups is 1. The Balaban J connectivity index is 2.08. The van der Waals surface area contributed by atoms with E-state index in [9.17, 15) is 4.79 Å². The van der Waals surface area contributed by atoms with Gasteiger partial charge in [-0.3, -0.25) is 4.79 Å². The van der Waals surface area contributed by atoms with Crippen LogP contribution in [0.15, 0.2) is 0 Å². The second kappa shape index (κ2) is 8.77. The molecular formula is C13H27N3OS. The van der Waals surface area contributed by atoms with Crippen LogP contribution >= 0.6 is 11.8 Å². The summed E-state index contributed by atoms with van der Waals surface area (Å²) < 4.78 is 0. The molecule has 0 aromatic heterocycles. The Hall–Kier alpha value is -0.260. The molecule has 1 heterocycles. The fraction of sp³-hybridized carbons (Fsp3) is 0.923. The van der Waals surface area contributed by atoms with Gasteiger partial charge in [-0.2, -0.15) is 11.8 Å². The van der Waals surface area contributed by atoms with Crippen molar-refractivity contribution in [3.8, 4) is 0 Å². The Kier molecular flexibility index (Phi) is 7.70. The predicted octanol–water partition coefficient (Wildman–Crippen LogP) is 0.915. The maximum atomic E-state index is 11.7. The van der Waals surface area contributed by atoms with Crippen molar-refractivity contribution in [3.63, 3.8) is 0 Å². The van der Waals surface area contributed by atoms with E-state index in [0.29, 0.717) is 0 Å². The average molecular weight is 273 g/mol. The molecule has 0 unspecified atom stereocenters. The molecule has 0 aromatic rings. The molecule has 1 amide bonds. The van der Waals surface area contributed by atoms with Crippen LogP contribution in [-0.2, 0) is 4.79 Å². The van der Waals surface area contributed by atoms with Gasteiger partial charge in [-0.1, -0.05) is 6.92 Å². The molecule has 1 saturated heterocycles. The van der Waals surface area contributed by atoms with Gasteiger partial charge in [0.15, 0.2) is 0 Å². The molecular weight excluding hydrogens is 246 g/mol. The van der Waals surface area contributed by atoms with Crippen LogP contribution in [-0.4, -0.2) is 55.0 Å². The van der Waals surface area contributed by atoms with E-state index in [2.05, 4.69) is 17.1 Å². The van der Waals surface area contributed by atoms with Gasteiger partial charge in [0.2, 0.25) is 5.91 Å². The number of carbonyl (C=O) groups excluding carboxylic acids is 1. The highest BCUT2D eigenvalue weighted by atomic mass is 32.2. The highest BCUT2D eigenvalue weighted by molar-refractivity contribution is 7.98. The predicted molar refractivity (Wildman–Crippen MR) is 78.8 cm³/mol. The number of amides is 1. The molecule has 0 radical (unpaired) electrons. The zero-order chi connectivity index (χ0) is 13.4. The number of hydrogen-bond acceptors (Lipinski definition) is 4. The monoisotopic (exact) mass is 273 g/mol. The highest BCUT2D eigenvalue weighted by Gasteiger charge is 2.16. The summed E-state index contributed by atoms with van der Waals surface area (Å²) in [7, 11) is 0. The Morgan fingerprint density at radius 2 is 2.17 bits per heavy atom. The third-order valence-electron chi connectivity index (χ3n) is 3.57. The van der Waals surface area contributed by atoms with Gasteiger partial charge in [0.05, 0.1) is 6.04 Å². The normalized spacial score (nSPS) is 19.7. The summed E-state index contributed by atoms with van der Waals surface area (Å²) in [5, 5.41) is 2.93. The number of carbonyl (C=O) groups is 1. The van der Waals surface area contributed by atoms with Crippen LogP contribution in [0.4, 0.5) is 0 Å². The number of piperidine rings is 1. The first-order valence-corrected chi connectivity index (χ1v) is 8.27. The summed E-state index contributed by atoms with van der Waals surface area (Å²) in [6, 6.07) is -0.348. The lowest BCUT2D eigenvalue weighted by atomic mass is 9.99. The maximum Gasteiger partial charge on any atom is 0.236 e. The molecule has 1 fully saturated rings. The van der Waals surface area contributed by atoms with E-state index in [1.54, 1.807) is 11.8 Å². The fourth-order valence-electron chi connectivity index (χ4n) is 2.13. The van der Waals surface area contributed by atoms with E-state index >= 15 is 0 Å². The Bertz CT molecular complexity index is 242. The van der Waals surface area contributed by atoms with Gasteiger partial charge in [-0.05, 0) is 50.3 Å². The van der Waals surface area contributed by atoms with Crippen molar-refractivity contribution in [2.75, 3.05) is 38.2 Å². The first-order chi connectivity index (χ1) is 8.63. The molecule has 3 N–H and O–H groups in total. The van der Waals surface area contributed by atoms with E-state index in [-0.39, 0.29) is 11.9 Å². The van der Waals surface area contributed by atoms with Crippen molar-refractivity contribution in [2.24, 2.45) is 11.7 Å². The topological polar surface area (TPSA) is 58.4 Å². The molecule has 0 aromatic carbocycles. The Morgan fingerprint density at radius 3 is 2.78 bits per heavy atom. The summed E-state index contributed by atoms with van der Waals surface area (Å²) >= 11 is 1.73. The summed E-state index contributed by atoms with van der Waals surface area (Å²) in [6.07, 6.45) is 5.35. The number of nitrogens with zero attached hydrogens (tertiary/aromatic N) is 1. The second-order valence-electron chi connectivity index (χ2n) is 5.20. The van der Waals surface area contributed by atoms with Gasteiger partial charge < -0.3 is 16.0 Å². The molecule has 1 aliphatic rings. The highest BCUT2D eigenvalue weighted by Crippen LogP contribution is 2.15. The lowest BCUT2D eigenvalue weighted by Gasteiger charge is -2.30. The van der Waals surface area contributed by atoms with Gasteiger partial charge >= 0.3 is 0 Å². The van der Waals surface area contributed by atoms with E-state index in [4.69, 9.17) is 5.73 Å². The largest absolute Gasteiger partial charge is 0.353 e. The van der Waals surface area contributed by atoms with Crippen molar-refractivity contribution in [2.45, 2.75) is 32.2 Å². The number of hydrogen-bond donors (Lipinski definition) is 2. The van der Waals surface area contributed by atoms with Gasteiger partial charge in [-0.25, -0.2) is 0 Å². The van der Waals surface area contributed by atoms with Gasteiger partial charge in [0.1, 0.15) is 0 Å². The first kappa shape index (κ1) is 15.8. The standard InChI is InChI=1S/C13H27N3OS/c1-11-3-7-16(8-4-11)9-6-15-13(17)12(14)5-10-18-2/h11-12H,3-10,14H2,1-2H3,(H,15,17)/t12-/m0/s1. The molecule has 1 atom stereocenters. The van der Waals surface area contributed by atoms with Crippen LogP contribution in [0.1, 0.15) is 26.2 Å². The minimum atomic E-state index is -0.348. The van der Waals surface area contributed by atoms with Crippen molar-refractivity contribution < 1.29 is 4.79 Å². The van der Waals surface area contributed by atoms with Crippen LogP contribution < -0.4 is 11.1 Å². The molecule has 1 rings (SSSR count). The van der Waals surface area contributed by atoms with Crippen molar-refractivity contribution in [3.05, 3.63) is 0 Å². The average Bonchev–Trinajstić information content (AvgIpc) is 2.38. The minimum absolute atomic E-state index is 0.00516. The van der Waals surface area contributed by atoms with Crippen LogP contribution in [0, 0.1) is 5.92 Å².